The van der Waals surface area contributed by atoms with Crippen molar-refractivity contribution in [2.75, 3.05) is 6.61 Å². The summed E-state index contributed by atoms with van der Waals surface area (Å²) in [6, 6.07) is 2.68. The van der Waals surface area contributed by atoms with E-state index in [1.54, 1.807) is 0 Å². The lowest BCUT2D eigenvalue weighted by Gasteiger charge is -2.08. The highest BCUT2D eigenvalue weighted by molar-refractivity contribution is 6.32. The highest BCUT2D eigenvalue weighted by atomic mass is 35.5. The van der Waals surface area contributed by atoms with E-state index in [1.165, 1.54) is 0 Å². The molecule has 0 fully saturated rings. The summed E-state index contributed by atoms with van der Waals surface area (Å²) in [6.45, 7) is -0.612. The molecule has 0 aliphatic heterocycles. The fraction of sp³-hybridized carbons (Fsp3) is 0.167. The fourth-order valence-corrected chi connectivity index (χ4v) is 1.38. The van der Waals surface area contributed by atoms with Crippen LogP contribution in [0, 0.1) is 0 Å². The number of nitrogens with two attached hydrogens (primary N) is 1. The van der Waals surface area contributed by atoms with Crippen molar-refractivity contribution < 1.29 is 27.5 Å². The number of halogens is 4. The Morgan fingerprint density at radius 1 is 1.35 bits per heavy atom. The van der Waals surface area contributed by atoms with Crippen molar-refractivity contribution in [3.05, 3.63) is 40.4 Å². The summed E-state index contributed by atoms with van der Waals surface area (Å²) < 4.78 is 41.9. The first kappa shape index (κ1) is 16.0. The van der Waals surface area contributed by atoms with Gasteiger partial charge in [-0.25, -0.2) is 4.79 Å². The van der Waals surface area contributed by atoms with E-state index in [-0.39, 0.29) is 10.6 Å². The predicted octanol–water partition coefficient (Wildman–Crippen LogP) is 2.40. The molecule has 8 heteroatoms. The zero-order valence-electron chi connectivity index (χ0n) is 9.91. The molecule has 0 spiro atoms. The third-order valence-electron chi connectivity index (χ3n) is 2.08. The predicted molar refractivity (Wildman–Crippen MR) is 65.6 cm³/mol. The van der Waals surface area contributed by atoms with Crippen molar-refractivity contribution in [3.8, 4) is 0 Å². The van der Waals surface area contributed by atoms with Crippen molar-refractivity contribution in [2.24, 2.45) is 5.73 Å². The quantitative estimate of drug-likeness (QED) is 0.686. The molecule has 0 aliphatic rings. The molecule has 0 bridgehead atoms. The van der Waals surface area contributed by atoms with Gasteiger partial charge in [0, 0.05) is 11.1 Å². The molecule has 0 atom stereocenters. The zero-order valence-corrected chi connectivity index (χ0v) is 10.7. The fourth-order valence-electron chi connectivity index (χ4n) is 1.20. The third kappa shape index (κ3) is 4.93. The average Bonchev–Trinajstić information content (AvgIpc) is 2.33. The van der Waals surface area contributed by atoms with E-state index in [1.807, 2.05) is 0 Å². The summed E-state index contributed by atoms with van der Waals surface area (Å²) in [5.41, 5.74) is 3.85. The van der Waals surface area contributed by atoms with Gasteiger partial charge in [-0.05, 0) is 29.8 Å². The number of hydrogen-bond acceptors (Lipinski definition) is 3. The van der Waals surface area contributed by atoms with Gasteiger partial charge in [-0.15, -0.1) is 0 Å². The number of ether oxygens (including phenoxy) is 1. The number of esters is 1. The highest BCUT2D eigenvalue weighted by Crippen LogP contribution is 2.32. The lowest BCUT2D eigenvalue weighted by molar-refractivity contribution is -0.142. The van der Waals surface area contributed by atoms with Crippen LogP contribution in [0.2, 0.25) is 5.02 Å². The number of hydrogen-bond donors (Lipinski definition) is 1. The van der Waals surface area contributed by atoms with E-state index in [4.69, 9.17) is 17.3 Å². The molecule has 0 heterocycles. The van der Waals surface area contributed by atoms with Gasteiger partial charge in [-0.2, -0.15) is 13.2 Å². The van der Waals surface area contributed by atoms with Gasteiger partial charge >= 0.3 is 12.1 Å². The molecule has 4 nitrogen and oxygen atoms in total. The molecule has 1 aromatic rings. The van der Waals surface area contributed by atoms with E-state index in [0.29, 0.717) is 0 Å². The van der Waals surface area contributed by atoms with Crippen LogP contribution in [0.3, 0.4) is 0 Å². The highest BCUT2D eigenvalue weighted by Gasteiger charge is 2.30. The number of rotatable bonds is 4. The van der Waals surface area contributed by atoms with Crippen LogP contribution in [0.5, 0.6) is 0 Å². The van der Waals surface area contributed by atoms with Gasteiger partial charge in [0.15, 0.2) is 6.61 Å². The largest absolute Gasteiger partial charge is 0.452 e. The van der Waals surface area contributed by atoms with Crippen LogP contribution < -0.4 is 5.73 Å². The topological polar surface area (TPSA) is 69.4 Å². The van der Waals surface area contributed by atoms with Crippen molar-refractivity contribution in [1.82, 2.24) is 0 Å². The molecular weight excluding hydrogens is 299 g/mol. The lowest BCUT2D eigenvalue weighted by Crippen LogP contribution is -2.19. The maximum atomic E-state index is 12.5. The molecule has 0 aromatic heterocycles. The van der Waals surface area contributed by atoms with Crippen molar-refractivity contribution in [3.63, 3.8) is 0 Å². The third-order valence-corrected chi connectivity index (χ3v) is 2.42. The molecule has 1 rings (SSSR count). The minimum atomic E-state index is -4.51. The molecule has 2 N–H and O–H groups in total. The van der Waals surface area contributed by atoms with E-state index in [2.05, 4.69) is 4.74 Å². The van der Waals surface area contributed by atoms with Gasteiger partial charge < -0.3 is 10.5 Å². The molecule has 0 unspecified atom stereocenters. The monoisotopic (exact) mass is 307 g/mol. The number of carbonyl (C=O) groups excluding carboxylic acids is 2. The van der Waals surface area contributed by atoms with Gasteiger partial charge in [-0.3, -0.25) is 4.79 Å². The van der Waals surface area contributed by atoms with Crippen LogP contribution in [0.4, 0.5) is 13.2 Å². The Bertz CT molecular complexity index is 555. The standard InChI is InChI=1S/C12H9ClF3NO3/c13-9-3-2-8(12(14,15)16)5-7(9)1-4-11(19)20-6-10(17)18/h1-5H,6H2,(H2,17,18)/b4-1+. The number of amides is 1. The first-order valence-electron chi connectivity index (χ1n) is 5.20. The van der Waals surface area contributed by atoms with E-state index >= 15 is 0 Å². The van der Waals surface area contributed by atoms with Crippen LogP contribution in [-0.2, 0) is 20.5 Å². The van der Waals surface area contributed by atoms with Crippen molar-refractivity contribution in [1.29, 1.82) is 0 Å². The molecule has 108 valence electrons. The number of alkyl halides is 3. The second-order valence-corrected chi connectivity index (χ2v) is 4.05. The normalized spacial score (nSPS) is 11.6. The summed E-state index contributed by atoms with van der Waals surface area (Å²) in [7, 11) is 0. The molecule has 0 saturated heterocycles. The Balaban J connectivity index is 2.86. The van der Waals surface area contributed by atoms with Gasteiger partial charge in [0.05, 0.1) is 5.56 Å². The second kappa shape index (κ2) is 6.42. The minimum absolute atomic E-state index is 0.00230. The Kier molecular flexibility index (Phi) is 5.15. The summed E-state index contributed by atoms with van der Waals surface area (Å²) in [5.74, 6) is -1.76. The second-order valence-electron chi connectivity index (χ2n) is 3.64. The summed E-state index contributed by atoms with van der Waals surface area (Å²) >= 11 is 5.71. The SMILES string of the molecule is NC(=O)COC(=O)/C=C/c1cc(C(F)(F)F)ccc1Cl. The van der Waals surface area contributed by atoms with Crippen LogP contribution >= 0.6 is 11.6 Å². The molecule has 0 radical (unpaired) electrons. The molecule has 1 amide bonds. The first-order valence-corrected chi connectivity index (χ1v) is 5.58. The van der Waals surface area contributed by atoms with Gasteiger partial charge in [-0.1, -0.05) is 11.6 Å². The smallest absolute Gasteiger partial charge is 0.416 e. The Morgan fingerprint density at radius 3 is 2.55 bits per heavy atom. The summed E-state index contributed by atoms with van der Waals surface area (Å²) in [5, 5.41) is 0.0388. The van der Waals surface area contributed by atoms with Crippen LogP contribution in [0.25, 0.3) is 6.08 Å². The first-order chi connectivity index (χ1) is 9.20. The van der Waals surface area contributed by atoms with E-state index in [0.717, 1.165) is 30.4 Å². The molecule has 20 heavy (non-hydrogen) atoms. The average molecular weight is 308 g/mol. The maximum absolute atomic E-state index is 12.5. The van der Waals surface area contributed by atoms with E-state index in [9.17, 15) is 22.8 Å². The van der Waals surface area contributed by atoms with Crippen LogP contribution in [0.15, 0.2) is 24.3 Å². The molecular formula is C12H9ClF3NO3. The summed E-state index contributed by atoms with van der Waals surface area (Å²) in [6.07, 6.45) is -2.61. The van der Waals surface area contributed by atoms with Crippen molar-refractivity contribution >= 4 is 29.6 Å². The van der Waals surface area contributed by atoms with E-state index < -0.39 is 30.2 Å². The van der Waals surface area contributed by atoms with Crippen LogP contribution in [-0.4, -0.2) is 18.5 Å². The lowest BCUT2D eigenvalue weighted by atomic mass is 10.1. The van der Waals surface area contributed by atoms with Gasteiger partial charge in [0.2, 0.25) is 0 Å². The maximum Gasteiger partial charge on any atom is 0.416 e. The van der Waals surface area contributed by atoms with Crippen LogP contribution in [0.1, 0.15) is 11.1 Å². The number of carbonyl (C=O) groups is 2. The molecule has 0 saturated carbocycles. The van der Waals surface area contributed by atoms with Gasteiger partial charge in [0.25, 0.3) is 5.91 Å². The Labute approximate surface area is 117 Å². The number of primary amides is 1. The molecule has 1 aromatic carbocycles. The minimum Gasteiger partial charge on any atom is -0.452 e. The Hall–Kier alpha value is -2.02. The molecule has 0 aliphatic carbocycles. The van der Waals surface area contributed by atoms with Gasteiger partial charge in [0.1, 0.15) is 0 Å². The van der Waals surface area contributed by atoms with Crippen molar-refractivity contribution in [2.45, 2.75) is 6.18 Å². The zero-order chi connectivity index (χ0) is 15.3. The Morgan fingerprint density at radius 2 is 2.00 bits per heavy atom. The number of benzene rings is 1. The summed E-state index contributed by atoms with van der Waals surface area (Å²) in [4.78, 5) is 21.5.